The Labute approximate surface area is 145 Å². The standard InChI is InChI=1S/C15H22N6O2S/c1-5-24-15-17-16-14(19(15)2)13-10-8-21(12(22)9-23-4)7-6-11(10)20(3)18-13/h5-9H2,1-4H3. The molecule has 0 saturated carbocycles. The third-order valence-corrected chi connectivity index (χ3v) is 5.09. The van der Waals surface area contributed by atoms with Gasteiger partial charge in [0.15, 0.2) is 11.0 Å². The largest absolute Gasteiger partial charge is 0.375 e. The summed E-state index contributed by atoms with van der Waals surface area (Å²) in [7, 11) is 5.42. The fourth-order valence-electron chi connectivity index (χ4n) is 2.98. The van der Waals surface area contributed by atoms with E-state index >= 15 is 0 Å². The average Bonchev–Trinajstić information content (AvgIpc) is 3.09. The van der Waals surface area contributed by atoms with E-state index in [9.17, 15) is 4.79 Å². The van der Waals surface area contributed by atoms with Crippen LogP contribution in [0.15, 0.2) is 5.16 Å². The van der Waals surface area contributed by atoms with Gasteiger partial charge in [-0.3, -0.25) is 9.48 Å². The predicted molar refractivity (Wildman–Crippen MR) is 90.6 cm³/mol. The van der Waals surface area contributed by atoms with Gasteiger partial charge in [-0.1, -0.05) is 18.7 Å². The minimum atomic E-state index is -0.00172. The lowest BCUT2D eigenvalue weighted by Gasteiger charge is -2.27. The average molecular weight is 350 g/mol. The first-order valence-electron chi connectivity index (χ1n) is 7.90. The fourth-order valence-corrected chi connectivity index (χ4v) is 3.61. The summed E-state index contributed by atoms with van der Waals surface area (Å²) in [6.07, 6.45) is 0.780. The number of aromatic nitrogens is 5. The van der Waals surface area contributed by atoms with Crippen LogP contribution in [0.1, 0.15) is 18.2 Å². The maximum Gasteiger partial charge on any atom is 0.248 e. The first-order valence-corrected chi connectivity index (χ1v) is 8.89. The van der Waals surface area contributed by atoms with Crippen LogP contribution in [0.25, 0.3) is 11.5 Å². The van der Waals surface area contributed by atoms with E-state index in [4.69, 9.17) is 4.74 Å². The highest BCUT2D eigenvalue weighted by Gasteiger charge is 2.29. The van der Waals surface area contributed by atoms with Crippen molar-refractivity contribution in [2.45, 2.75) is 25.0 Å². The summed E-state index contributed by atoms with van der Waals surface area (Å²) in [4.78, 5) is 14.0. The zero-order chi connectivity index (χ0) is 17.3. The van der Waals surface area contributed by atoms with E-state index < -0.39 is 0 Å². The lowest BCUT2D eigenvalue weighted by molar-refractivity contribution is -0.136. The summed E-state index contributed by atoms with van der Waals surface area (Å²) >= 11 is 1.65. The molecule has 3 rings (SSSR count). The van der Waals surface area contributed by atoms with E-state index in [1.54, 1.807) is 11.8 Å². The molecule has 0 fully saturated rings. The second-order valence-corrected chi connectivity index (χ2v) is 6.93. The van der Waals surface area contributed by atoms with Crippen molar-refractivity contribution in [3.05, 3.63) is 11.3 Å². The topological polar surface area (TPSA) is 78.1 Å². The summed E-state index contributed by atoms with van der Waals surface area (Å²) in [6.45, 7) is 3.40. The lowest BCUT2D eigenvalue weighted by Crippen LogP contribution is -2.38. The number of aryl methyl sites for hydroxylation is 1. The van der Waals surface area contributed by atoms with Crippen molar-refractivity contribution in [3.8, 4) is 11.5 Å². The van der Waals surface area contributed by atoms with Crippen molar-refractivity contribution < 1.29 is 9.53 Å². The number of fused-ring (bicyclic) bond motifs is 1. The molecule has 1 aliphatic rings. The van der Waals surface area contributed by atoms with Crippen LogP contribution >= 0.6 is 11.8 Å². The van der Waals surface area contributed by atoms with Crippen LogP contribution in [-0.2, 0) is 36.6 Å². The first kappa shape index (κ1) is 17.0. The van der Waals surface area contributed by atoms with Gasteiger partial charge >= 0.3 is 0 Å². The van der Waals surface area contributed by atoms with Crippen LogP contribution in [-0.4, -0.2) is 61.4 Å². The third kappa shape index (κ3) is 2.93. The molecule has 0 aromatic carbocycles. The monoisotopic (exact) mass is 350 g/mol. The summed E-state index contributed by atoms with van der Waals surface area (Å²) in [5.41, 5.74) is 3.01. The lowest BCUT2D eigenvalue weighted by atomic mass is 10.0. The number of hydrogen-bond acceptors (Lipinski definition) is 6. The second-order valence-electron chi connectivity index (χ2n) is 5.69. The minimum absolute atomic E-state index is 0.00172. The van der Waals surface area contributed by atoms with Crippen LogP contribution in [0.4, 0.5) is 0 Å². The number of carbonyl (C=O) groups excluding carboxylic acids is 1. The van der Waals surface area contributed by atoms with Crippen molar-refractivity contribution in [1.29, 1.82) is 0 Å². The van der Waals surface area contributed by atoms with Crippen molar-refractivity contribution in [2.75, 3.05) is 26.0 Å². The number of thioether (sulfide) groups is 1. The summed E-state index contributed by atoms with van der Waals surface area (Å²) in [5.74, 6) is 1.67. The molecule has 9 heteroatoms. The van der Waals surface area contributed by atoms with E-state index in [0.717, 1.165) is 40.1 Å². The van der Waals surface area contributed by atoms with Crippen molar-refractivity contribution in [2.24, 2.45) is 14.1 Å². The van der Waals surface area contributed by atoms with Gasteiger partial charge < -0.3 is 14.2 Å². The van der Waals surface area contributed by atoms with Crippen molar-refractivity contribution in [3.63, 3.8) is 0 Å². The van der Waals surface area contributed by atoms with Crippen molar-refractivity contribution in [1.82, 2.24) is 29.4 Å². The Morgan fingerprint density at radius 2 is 2.12 bits per heavy atom. The molecule has 0 atom stereocenters. The third-order valence-electron chi connectivity index (χ3n) is 4.18. The van der Waals surface area contributed by atoms with Crippen LogP contribution in [0.5, 0.6) is 0 Å². The van der Waals surface area contributed by atoms with Gasteiger partial charge in [0.2, 0.25) is 5.91 Å². The second kappa shape index (κ2) is 6.94. The van der Waals surface area contributed by atoms with Gasteiger partial charge in [0.05, 0.1) is 0 Å². The maximum atomic E-state index is 12.2. The Hall–Kier alpha value is -1.87. The molecule has 8 nitrogen and oxygen atoms in total. The molecule has 130 valence electrons. The molecular weight excluding hydrogens is 328 g/mol. The molecule has 0 unspecified atom stereocenters. The molecule has 3 heterocycles. The maximum absolute atomic E-state index is 12.2. The highest BCUT2D eigenvalue weighted by Crippen LogP contribution is 2.30. The van der Waals surface area contributed by atoms with Gasteiger partial charge in [-0.25, -0.2) is 0 Å². The zero-order valence-corrected chi connectivity index (χ0v) is 15.3. The van der Waals surface area contributed by atoms with E-state index in [-0.39, 0.29) is 12.5 Å². The van der Waals surface area contributed by atoms with Gasteiger partial charge in [-0.05, 0) is 5.75 Å². The Morgan fingerprint density at radius 3 is 2.83 bits per heavy atom. The van der Waals surface area contributed by atoms with Gasteiger partial charge in [0.1, 0.15) is 12.3 Å². The van der Waals surface area contributed by atoms with E-state index in [1.165, 1.54) is 7.11 Å². The Morgan fingerprint density at radius 1 is 1.33 bits per heavy atom. The molecule has 1 amide bonds. The highest BCUT2D eigenvalue weighted by molar-refractivity contribution is 7.99. The summed E-state index contributed by atoms with van der Waals surface area (Å²) in [5, 5.41) is 14.1. The van der Waals surface area contributed by atoms with Gasteiger partial charge in [-0.2, -0.15) is 5.10 Å². The smallest absolute Gasteiger partial charge is 0.248 e. The Balaban J connectivity index is 1.96. The van der Waals surface area contributed by atoms with Gasteiger partial charge in [-0.15, -0.1) is 10.2 Å². The normalized spacial score (nSPS) is 14.1. The number of methoxy groups -OCH3 is 1. The zero-order valence-electron chi connectivity index (χ0n) is 14.4. The quantitative estimate of drug-likeness (QED) is 0.744. The van der Waals surface area contributed by atoms with E-state index in [0.29, 0.717) is 13.1 Å². The number of hydrogen-bond donors (Lipinski definition) is 0. The van der Waals surface area contributed by atoms with Gasteiger partial charge in [0.25, 0.3) is 0 Å². The number of amides is 1. The summed E-state index contributed by atoms with van der Waals surface area (Å²) in [6, 6.07) is 0. The minimum Gasteiger partial charge on any atom is -0.375 e. The van der Waals surface area contributed by atoms with E-state index in [2.05, 4.69) is 22.2 Å². The molecule has 2 aromatic rings. The van der Waals surface area contributed by atoms with Crippen molar-refractivity contribution >= 4 is 17.7 Å². The van der Waals surface area contributed by atoms with Crippen LogP contribution in [0.3, 0.4) is 0 Å². The highest BCUT2D eigenvalue weighted by atomic mass is 32.2. The SMILES string of the molecule is CCSc1nnc(-c2nn(C)c3c2CN(C(=O)COC)CC3)n1C. The fraction of sp³-hybridized carbons (Fsp3) is 0.600. The van der Waals surface area contributed by atoms with Gasteiger partial charge in [0, 0.05) is 52.0 Å². The van der Waals surface area contributed by atoms with Crippen LogP contribution in [0, 0.1) is 0 Å². The molecule has 0 aliphatic carbocycles. The Bertz CT molecular complexity index is 753. The molecule has 1 aliphatic heterocycles. The molecule has 0 bridgehead atoms. The molecule has 0 N–H and O–H groups in total. The predicted octanol–water partition coefficient (Wildman–Crippen LogP) is 0.859. The first-order chi connectivity index (χ1) is 11.6. The molecule has 0 saturated heterocycles. The Kier molecular flexibility index (Phi) is 4.91. The number of nitrogens with zero attached hydrogens (tertiary/aromatic N) is 6. The molecular formula is C15H22N6O2S. The molecule has 0 radical (unpaired) electrons. The van der Waals surface area contributed by atoms with Crippen LogP contribution < -0.4 is 0 Å². The molecule has 0 spiro atoms. The summed E-state index contributed by atoms with van der Waals surface area (Å²) < 4.78 is 8.83. The number of ether oxygens (including phenoxy) is 1. The molecule has 2 aromatic heterocycles. The van der Waals surface area contributed by atoms with E-state index in [1.807, 2.05) is 28.2 Å². The molecule has 24 heavy (non-hydrogen) atoms. The number of carbonyl (C=O) groups is 1. The van der Waals surface area contributed by atoms with Crippen LogP contribution in [0.2, 0.25) is 0 Å². The number of rotatable bonds is 5.